The number of hydrogen-bond donors (Lipinski definition) is 2. The van der Waals surface area contributed by atoms with Crippen molar-refractivity contribution in [3.8, 4) is 0 Å². The van der Waals surface area contributed by atoms with Crippen LogP contribution in [0.2, 0.25) is 0 Å². The van der Waals surface area contributed by atoms with E-state index in [9.17, 15) is 4.79 Å². The first-order valence-corrected chi connectivity index (χ1v) is 9.03. The Morgan fingerprint density at radius 3 is 2.81 bits per heavy atom. The van der Waals surface area contributed by atoms with Crippen LogP contribution in [0, 0.1) is 5.92 Å². The third kappa shape index (κ3) is 5.12. The van der Waals surface area contributed by atoms with Gasteiger partial charge in [0.05, 0.1) is 19.4 Å². The van der Waals surface area contributed by atoms with Crippen LogP contribution in [0.4, 0.5) is 0 Å². The van der Waals surface area contributed by atoms with Gasteiger partial charge in [-0.05, 0) is 36.5 Å². The van der Waals surface area contributed by atoms with E-state index in [1.807, 2.05) is 12.1 Å². The van der Waals surface area contributed by atoms with Crippen molar-refractivity contribution >= 4 is 11.9 Å². The van der Waals surface area contributed by atoms with Gasteiger partial charge >= 0.3 is 0 Å². The number of guanidine groups is 1. The van der Waals surface area contributed by atoms with Gasteiger partial charge < -0.3 is 20.0 Å². The second kappa shape index (κ2) is 9.08. The van der Waals surface area contributed by atoms with Crippen LogP contribution < -0.4 is 10.6 Å². The van der Waals surface area contributed by atoms with Crippen LogP contribution in [0.5, 0.6) is 0 Å². The summed E-state index contributed by atoms with van der Waals surface area (Å²) in [6, 6.07) is 14.2. The molecule has 0 aliphatic carbocycles. The van der Waals surface area contributed by atoms with Gasteiger partial charge in [-0.25, -0.2) is 0 Å². The molecule has 1 aliphatic rings. The van der Waals surface area contributed by atoms with Crippen molar-refractivity contribution in [2.45, 2.75) is 19.4 Å². The SMILES string of the molecule is CN=C(NCC(=O)NCc1ccco1)N1CCC(Cc2ccccc2)C1. The Morgan fingerprint density at radius 2 is 2.08 bits per heavy atom. The van der Waals surface area contributed by atoms with E-state index in [4.69, 9.17) is 4.42 Å². The van der Waals surface area contributed by atoms with E-state index in [-0.39, 0.29) is 12.5 Å². The first-order valence-electron chi connectivity index (χ1n) is 9.03. The van der Waals surface area contributed by atoms with Crippen LogP contribution in [0.25, 0.3) is 0 Å². The fourth-order valence-electron chi connectivity index (χ4n) is 3.29. The topological polar surface area (TPSA) is 69.9 Å². The number of carbonyl (C=O) groups is 1. The maximum atomic E-state index is 12.0. The monoisotopic (exact) mass is 354 g/mol. The summed E-state index contributed by atoms with van der Waals surface area (Å²) >= 11 is 0. The maximum absolute atomic E-state index is 12.0. The molecule has 2 heterocycles. The van der Waals surface area contributed by atoms with E-state index >= 15 is 0 Å². The van der Waals surface area contributed by atoms with Gasteiger partial charge in [-0.3, -0.25) is 9.79 Å². The van der Waals surface area contributed by atoms with Crippen LogP contribution in [-0.2, 0) is 17.8 Å². The molecule has 0 spiro atoms. The zero-order valence-electron chi connectivity index (χ0n) is 15.1. The van der Waals surface area contributed by atoms with Gasteiger partial charge in [0.15, 0.2) is 5.96 Å². The Labute approximate surface area is 154 Å². The average molecular weight is 354 g/mol. The van der Waals surface area contributed by atoms with Gasteiger partial charge in [0.25, 0.3) is 0 Å². The smallest absolute Gasteiger partial charge is 0.239 e. The molecule has 1 aliphatic heterocycles. The molecular formula is C20H26N4O2. The minimum atomic E-state index is -0.0809. The molecule has 0 radical (unpaired) electrons. The average Bonchev–Trinajstić information content (AvgIpc) is 3.34. The van der Waals surface area contributed by atoms with Crippen molar-refractivity contribution in [2.24, 2.45) is 10.9 Å². The van der Waals surface area contributed by atoms with Crippen LogP contribution in [0.3, 0.4) is 0 Å². The number of aliphatic imine (C=N–C) groups is 1. The summed E-state index contributed by atoms with van der Waals surface area (Å²) in [6.45, 7) is 2.52. The quantitative estimate of drug-likeness (QED) is 0.615. The lowest BCUT2D eigenvalue weighted by molar-refractivity contribution is -0.120. The lowest BCUT2D eigenvalue weighted by Crippen LogP contribution is -2.44. The van der Waals surface area contributed by atoms with E-state index in [2.05, 4.69) is 44.8 Å². The molecule has 0 saturated carbocycles. The summed E-state index contributed by atoms with van der Waals surface area (Å²) < 4.78 is 5.21. The number of hydrogen-bond acceptors (Lipinski definition) is 3. The van der Waals surface area contributed by atoms with Crippen molar-refractivity contribution in [1.82, 2.24) is 15.5 Å². The van der Waals surface area contributed by atoms with Gasteiger partial charge in [0, 0.05) is 20.1 Å². The number of furan rings is 1. The lowest BCUT2D eigenvalue weighted by Gasteiger charge is -2.21. The van der Waals surface area contributed by atoms with Crippen molar-refractivity contribution in [3.05, 3.63) is 60.1 Å². The van der Waals surface area contributed by atoms with Crippen molar-refractivity contribution in [1.29, 1.82) is 0 Å². The number of nitrogens with zero attached hydrogens (tertiary/aromatic N) is 2. The second-order valence-corrected chi connectivity index (χ2v) is 6.55. The number of likely N-dealkylation sites (tertiary alicyclic amines) is 1. The highest BCUT2D eigenvalue weighted by Crippen LogP contribution is 2.20. The number of amides is 1. The third-order valence-electron chi connectivity index (χ3n) is 4.61. The highest BCUT2D eigenvalue weighted by atomic mass is 16.3. The largest absolute Gasteiger partial charge is 0.467 e. The summed E-state index contributed by atoms with van der Waals surface area (Å²) in [6.07, 6.45) is 3.82. The molecule has 138 valence electrons. The van der Waals surface area contributed by atoms with Crippen LogP contribution in [-0.4, -0.2) is 43.4 Å². The first kappa shape index (κ1) is 18.0. The molecule has 26 heavy (non-hydrogen) atoms. The van der Waals surface area contributed by atoms with Gasteiger partial charge in [-0.1, -0.05) is 30.3 Å². The Bertz CT molecular complexity index is 713. The van der Waals surface area contributed by atoms with E-state index in [0.717, 1.165) is 37.7 Å². The van der Waals surface area contributed by atoms with E-state index in [0.29, 0.717) is 12.5 Å². The Balaban J connectivity index is 1.42. The van der Waals surface area contributed by atoms with Crippen LogP contribution in [0.1, 0.15) is 17.7 Å². The lowest BCUT2D eigenvalue weighted by atomic mass is 9.99. The molecule has 1 aromatic carbocycles. The summed E-state index contributed by atoms with van der Waals surface area (Å²) in [5.41, 5.74) is 1.37. The summed E-state index contributed by atoms with van der Waals surface area (Å²) in [5, 5.41) is 5.99. The Kier molecular flexibility index (Phi) is 6.30. The summed E-state index contributed by atoms with van der Waals surface area (Å²) in [5.74, 6) is 2.06. The molecule has 6 heteroatoms. The molecule has 1 unspecified atom stereocenters. The van der Waals surface area contributed by atoms with E-state index < -0.39 is 0 Å². The molecule has 2 aromatic rings. The number of rotatable bonds is 6. The number of nitrogens with one attached hydrogen (secondary N) is 2. The summed E-state index contributed by atoms with van der Waals surface area (Å²) in [7, 11) is 1.76. The van der Waals surface area contributed by atoms with Gasteiger partial charge in [-0.15, -0.1) is 0 Å². The molecule has 1 aromatic heterocycles. The zero-order chi connectivity index (χ0) is 18.2. The standard InChI is InChI=1S/C20H26N4O2/c1-21-20(23-14-19(25)22-13-18-8-5-11-26-18)24-10-9-17(15-24)12-16-6-3-2-4-7-16/h2-8,11,17H,9-10,12-15H2,1H3,(H,21,23)(H,22,25). The van der Waals surface area contributed by atoms with Crippen molar-refractivity contribution < 1.29 is 9.21 Å². The second-order valence-electron chi connectivity index (χ2n) is 6.55. The molecule has 1 saturated heterocycles. The molecular weight excluding hydrogens is 328 g/mol. The Hall–Kier alpha value is -2.76. The van der Waals surface area contributed by atoms with E-state index in [1.165, 1.54) is 5.56 Å². The number of benzene rings is 1. The molecule has 2 N–H and O–H groups in total. The minimum Gasteiger partial charge on any atom is -0.467 e. The highest BCUT2D eigenvalue weighted by Gasteiger charge is 2.25. The number of carbonyl (C=O) groups excluding carboxylic acids is 1. The molecule has 1 atom stereocenters. The first-order chi connectivity index (χ1) is 12.7. The predicted molar refractivity (Wildman–Crippen MR) is 102 cm³/mol. The predicted octanol–water partition coefficient (Wildman–Crippen LogP) is 2.04. The normalized spacial score (nSPS) is 17.3. The van der Waals surface area contributed by atoms with Crippen molar-refractivity contribution in [3.63, 3.8) is 0 Å². The third-order valence-corrected chi connectivity index (χ3v) is 4.61. The molecule has 3 rings (SSSR count). The molecule has 6 nitrogen and oxygen atoms in total. The van der Waals surface area contributed by atoms with Crippen LogP contribution in [0.15, 0.2) is 58.1 Å². The fraction of sp³-hybridized carbons (Fsp3) is 0.400. The van der Waals surface area contributed by atoms with Crippen molar-refractivity contribution in [2.75, 3.05) is 26.7 Å². The fourth-order valence-corrected chi connectivity index (χ4v) is 3.29. The van der Waals surface area contributed by atoms with Crippen LogP contribution >= 0.6 is 0 Å². The van der Waals surface area contributed by atoms with Gasteiger partial charge in [0.2, 0.25) is 5.91 Å². The molecule has 1 fully saturated rings. The van der Waals surface area contributed by atoms with E-state index in [1.54, 1.807) is 19.4 Å². The van der Waals surface area contributed by atoms with Gasteiger partial charge in [-0.2, -0.15) is 0 Å². The highest BCUT2D eigenvalue weighted by molar-refractivity contribution is 5.86. The maximum Gasteiger partial charge on any atom is 0.239 e. The molecule has 0 bridgehead atoms. The minimum absolute atomic E-state index is 0.0809. The molecule has 1 amide bonds. The van der Waals surface area contributed by atoms with Gasteiger partial charge in [0.1, 0.15) is 5.76 Å². The summed E-state index contributed by atoms with van der Waals surface area (Å²) in [4.78, 5) is 18.5. The zero-order valence-corrected chi connectivity index (χ0v) is 15.1. The Morgan fingerprint density at radius 1 is 1.23 bits per heavy atom.